The minimum absolute atomic E-state index is 0.0687. The highest BCUT2D eigenvalue weighted by atomic mass is 16.5. The van der Waals surface area contributed by atoms with Crippen LogP contribution in [0.5, 0.6) is 5.75 Å². The zero-order chi connectivity index (χ0) is 25.4. The molecule has 2 amide bonds. The Labute approximate surface area is 209 Å². The Balaban J connectivity index is 1.92. The average Bonchev–Trinajstić information content (AvgIpc) is 2.85. The van der Waals surface area contributed by atoms with Gasteiger partial charge in [0.15, 0.2) is 0 Å². The zero-order valence-electron chi connectivity index (χ0n) is 21.6. The second-order valence-corrected chi connectivity index (χ2v) is 9.52. The first-order valence-electron chi connectivity index (χ1n) is 12.4. The SMILES string of the molecule is CCCC(=O)Nc1ccc2c(c1)C(=O)N(C)C[C@H](OC)[C@@H](C)CN(Cc1ccccc1)[C@H](C)CO2. The van der Waals surface area contributed by atoms with Crippen molar-refractivity contribution >= 4 is 17.5 Å². The summed E-state index contributed by atoms with van der Waals surface area (Å²) in [5, 5.41) is 2.89. The first-order valence-corrected chi connectivity index (χ1v) is 12.4. The van der Waals surface area contributed by atoms with Crippen molar-refractivity contribution in [1.82, 2.24) is 9.80 Å². The quantitative estimate of drug-likeness (QED) is 0.661. The van der Waals surface area contributed by atoms with E-state index in [9.17, 15) is 9.59 Å². The normalized spacial score (nSPS) is 21.9. The Morgan fingerprint density at radius 2 is 1.89 bits per heavy atom. The number of rotatable bonds is 6. The van der Waals surface area contributed by atoms with Gasteiger partial charge in [0.2, 0.25) is 5.91 Å². The summed E-state index contributed by atoms with van der Waals surface area (Å²) in [6.45, 7) is 8.78. The highest BCUT2D eigenvalue weighted by Gasteiger charge is 2.28. The number of nitrogens with zero attached hydrogens (tertiary/aromatic N) is 2. The predicted molar refractivity (Wildman–Crippen MR) is 139 cm³/mol. The van der Waals surface area contributed by atoms with Crippen molar-refractivity contribution < 1.29 is 19.1 Å². The van der Waals surface area contributed by atoms with Gasteiger partial charge in [0.1, 0.15) is 12.4 Å². The molecule has 3 atom stereocenters. The number of fused-ring (bicyclic) bond motifs is 1. The molecule has 190 valence electrons. The first-order chi connectivity index (χ1) is 16.8. The second-order valence-electron chi connectivity index (χ2n) is 9.52. The number of carbonyl (C=O) groups excluding carboxylic acids is 2. The van der Waals surface area contributed by atoms with E-state index in [1.807, 2.05) is 13.0 Å². The highest BCUT2D eigenvalue weighted by molar-refractivity contribution is 5.99. The number of amides is 2. The fourth-order valence-corrected chi connectivity index (χ4v) is 4.42. The Bertz CT molecular complexity index is 981. The lowest BCUT2D eigenvalue weighted by atomic mass is 10.0. The summed E-state index contributed by atoms with van der Waals surface area (Å²) in [6.07, 6.45) is 1.07. The summed E-state index contributed by atoms with van der Waals surface area (Å²) in [6, 6.07) is 15.8. The van der Waals surface area contributed by atoms with Gasteiger partial charge in [-0.3, -0.25) is 14.5 Å². The molecule has 2 aromatic carbocycles. The van der Waals surface area contributed by atoms with Crippen LogP contribution in [0.15, 0.2) is 48.5 Å². The molecule has 0 saturated carbocycles. The van der Waals surface area contributed by atoms with E-state index >= 15 is 0 Å². The van der Waals surface area contributed by atoms with E-state index in [2.05, 4.69) is 48.3 Å². The summed E-state index contributed by atoms with van der Waals surface area (Å²) < 4.78 is 12.1. The zero-order valence-corrected chi connectivity index (χ0v) is 21.6. The fourth-order valence-electron chi connectivity index (χ4n) is 4.42. The van der Waals surface area contributed by atoms with Crippen LogP contribution in [0.2, 0.25) is 0 Å². The smallest absolute Gasteiger partial charge is 0.257 e. The van der Waals surface area contributed by atoms with Crippen molar-refractivity contribution in [3.63, 3.8) is 0 Å². The Hall–Kier alpha value is -2.90. The van der Waals surface area contributed by atoms with Gasteiger partial charge in [-0.05, 0) is 43.0 Å². The van der Waals surface area contributed by atoms with Gasteiger partial charge in [-0.25, -0.2) is 0 Å². The number of anilines is 1. The molecule has 1 aliphatic rings. The fraction of sp³-hybridized carbons (Fsp3) is 0.500. The lowest BCUT2D eigenvalue weighted by Gasteiger charge is -2.36. The molecule has 0 unspecified atom stereocenters. The molecule has 1 N–H and O–H groups in total. The van der Waals surface area contributed by atoms with E-state index in [1.54, 1.807) is 37.3 Å². The molecule has 0 saturated heterocycles. The summed E-state index contributed by atoms with van der Waals surface area (Å²) in [5.74, 6) is 0.486. The van der Waals surface area contributed by atoms with Gasteiger partial charge in [-0.2, -0.15) is 0 Å². The van der Waals surface area contributed by atoms with Gasteiger partial charge in [-0.1, -0.05) is 44.2 Å². The van der Waals surface area contributed by atoms with E-state index in [1.165, 1.54) is 5.56 Å². The minimum atomic E-state index is -0.157. The van der Waals surface area contributed by atoms with Gasteiger partial charge >= 0.3 is 0 Å². The van der Waals surface area contributed by atoms with Gasteiger partial charge in [0, 0.05) is 51.9 Å². The molecule has 0 bridgehead atoms. The molecular weight excluding hydrogens is 442 g/mol. The van der Waals surface area contributed by atoms with Crippen LogP contribution < -0.4 is 10.1 Å². The Morgan fingerprint density at radius 3 is 2.57 bits per heavy atom. The van der Waals surface area contributed by atoms with E-state index in [4.69, 9.17) is 9.47 Å². The van der Waals surface area contributed by atoms with Crippen LogP contribution in [0.4, 0.5) is 5.69 Å². The lowest BCUT2D eigenvalue weighted by molar-refractivity contribution is -0.116. The van der Waals surface area contributed by atoms with Crippen molar-refractivity contribution in [3.8, 4) is 5.75 Å². The van der Waals surface area contributed by atoms with Gasteiger partial charge in [0.25, 0.3) is 5.91 Å². The number of hydrogen-bond donors (Lipinski definition) is 1. The molecular formula is C28H39N3O4. The molecule has 0 aromatic heterocycles. The predicted octanol–water partition coefficient (Wildman–Crippen LogP) is 4.43. The van der Waals surface area contributed by atoms with E-state index < -0.39 is 0 Å². The van der Waals surface area contributed by atoms with Crippen LogP contribution in [0, 0.1) is 5.92 Å². The molecule has 35 heavy (non-hydrogen) atoms. The number of carbonyl (C=O) groups is 2. The van der Waals surface area contributed by atoms with Gasteiger partial charge < -0.3 is 19.7 Å². The van der Waals surface area contributed by atoms with Crippen molar-refractivity contribution in [3.05, 3.63) is 59.7 Å². The molecule has 2 aromatic rings. The summed E-state index contributed by atoms with van der Waals surface area (Å²) >= 11 is 0. The van der Waals surface area contributed by atoms with Crippen LogP contribution in [-0.4, -0.2) is 67.6 Å². The van der Waals surface area contributed by atoms with E-state index in [0.29, 0.717) is 36.6 Å². The minimum Gasteiger partial charge on any atom is -0.491 e. The summed E-state index contributed by atoms with van der Waals surface area (Å²) in [7, 11) is 3.48. The Morgan fingerprint density at radius 1 is 1.14 bits per heavy atom. The van der Waals surface area contributed by atoms with Crippen LogP contribution >= 0.6 is 0 Å². The number of methoxy groups -OCH3 is 1. The standard InChI is InChI=1S/C28H39N3O4/c1-6-10-27(32)29-23-13-14-25-24(15-23)28(33)30(4)18-26(34-5)20(2)16-31(21(3)19-35-25)17-22-11-8-7-9-12-22/h7-9,11-15,20-21,26H,6,10,16-19H2,1-5H3,(H,29,32)/t20-,21+,26-/m0/s1. The molecule has 7 nitrogen and oxygen atoms in total. The average molecular weight is 482 g/mol. The van der Waals surface area contributed by atoms with Crippen molar-refractivity contribution in [2.45, 2.75) is 52.3 Å². The maximum atomic E-state index is 13.4. The van der Waals surface area contributed by atoms with Crippen LogP contribution in [0.25, 0.3) is 0 Å². The molecule has 0 radical (unpaired) electrons. The number of hydrogen-bond acceptors (Lipinski definition) is 5. The second kappa shape index (κ2) is 12.7. The molecule has 1 aliphatic heterocycles. The molecule has 0 aliphatic carbocycles. The van der Waals surface area contributed by atoms with E-state index in [0.717, 1.165) is 19.5 Å². The summed E-state index contributed by atoms with van der Waals surface area (Å²) in [4.78, 5) is 29.6. The monoisotopic (exact) mass is 481 g/mol. The molecule has 0 spiro atoms. The largest absolute Gasteiger partial charge is 0.491 e. The Kier molecular flexibility index (Phi) is 9.69. The third kappa shape index (κ3) is 7.29. The van der Waals surface area contributed by atoms with Crippen LogP contribution in [0.1, 0.15) is 49.5 Å². The van der Waals surface area contributed by atoms with E-state index in [-0.39, 0.29) is 29.9 Å². The van der Waals surface area contributed by atoms with Crippen molar-refractivity contribution in [2.75, 3.05) is 39.2 Å². The van der Waals surface area contributed by atoms with Crippen LogP contribution in [-0.2, 0) is 16.1 Å². The molecule has 1 heterocycles. The number of ether oxygens (including phenoxy) is 2. The maximum Gasteiger partial charge on any atom is 0.257 e. The lowest BCUT2D eigenvalue weighted by Crippen LogP contribution is -2.46. The summed E-state index contributed by atoms with van der Waals surface area (Å²) in [5.41, 5.74) is 2.27. The first kappa shape index (κ1) is 26.7. The van der Waals surface area contributed by atoms with Gasteiger partial charge in [-0.15, -0.1) is 0 Å². The molecule has 0 fully saturated rings. The number of nitrogens with one attached hydrogen (secondary N) is 1. The van der Waals surface area contributed by atoms with Crippen LogP contribution in [0.3, 0.4) is 0 Å². The topological polar surface area (TPSA) is 71.1 Å². The van der Waals surface area contributed by atoms with Gasteiger partial charge in [0.05, 0.1) is 11.7 Å². The number of likely N-dealkylation sites (N-methyl/N-ethyl adjacent to an activating group) is 1. The van der Waals surface area contributed by atoms with Crippen molar-refractivity contribution in [1.29, 1.82) is 0 Å². The number of benzene rings is 2. The third-order valence-corrected chi connectivity index (χ3v) is 6.56. The maximum absolute atomic E-state index is 13.4. The van der Waals surface area contributed by atoms with Crippen molar-refractivity contribution in [2.24, 2.45) is 5.92 Å². The molecule has 3 rings (SSSR count). The third-order valence-electron chi connectivity index (χ3n) is 6.56. The highest BCUT2D eigenvalue weighted by Crippen LogP contribution is 2.27. The molecule has 7 heteroatoms.